The van der Waals surface area contributed by atoms with Crippen molar-refractivity contribution in [3.63, 3.8) is 0 Å². The van der Waals surface area contributed by atoms with Gasteiger partial charge in [-0.1, -0.05) is 27.9 Å². The summed E-state index contributed by atoms with van der Waals surface area (Å²) in [5.41, 5.74) is 2.70. The Labute approximate surface area is 84.4 Å². The summed E-state index contributed by atoms with van der Waals surface area (Å²) in [6.07, 6.45) is 5.17. The summed E-state index contributed by atoms with van der Waals surface area (Å²) in [4.78, 5) is 0. The Morgan fingerprint density at radius 2 is 2.31 bits per heavy atom. The molecule has 1 atom stereocenters. The molecule has 68 valence electrons. The summed E-state index contributed by atoms with van der Waals surface area (Å²) in [5, 5.41) is 0. The molecule has 0 aromatic heterocycles. The molecule has 0 amide bonds. The summed E-state index contributed by atoms with van der Waals surface area (Å²) < 4.78 is 13.9. The predicted molar refractivity (Wildman–Crippen MR) is 53.0 cm³/mol. The van der Waals surface area contributed by atoms with Crippen LogP contribution in [0.15, 0.2) is 22.7 Å². The first-order chi connectivity index (χ1) is 6.20. The fourth-order valence-electron chi connectivity index (χ4n) is 1.00. The minimum atomic E-state index is -0.615. The van der Waals surface area contributed by atoms with E-state index in [-0.39, 0.29) is 5.82 Å². The van der Waals surface area contributed by atoms with Crippen LogP contribution in [0.25, 0.3) is 0 Å². The molecule has 0 saturated heterocycles. The van der Waals surface area contributed by atoms with Crippen molar-refractivity contribution < 1.29 is 4.39 Å². The number of hydrazine groups is 1. The molecular formula is C9H8BrFN2. The summed E-state index contributed by atoms with van der Waals surface area (Å²) in [7, 11) is 0. The zero-order valence-corrected chi connectivity index (χ0v) is 8.31. The molecule has 4 heteroatoms. The van der Waals surface area contributed by atoms with E-state index in [2.05, 4.69) is 27.3 Å². The van der Waals surface area contributed by atoms with E-state index in [1.165, 1.54) is 6.07 Å². The Hall–Kier alpha value is -0.890. The second-order valence-corrected chi connectivity index (χ2v) is 3.26. The minimum Gasteiger partial charge on any atom is -0.270 e. The van der Waals surface area contributed by atoms with Crippen molar-refractivity contribution in [1.29, 1.82) is 0 Å². The van der Waals surface area contributed by atoms with Crippen molar-refractivity contribution in [2.24, 2.45) is 5.84 Å². The topological polar surface area (TPSA) is 38.0 Å². The van der Waals surface area contributed by atoms with Gasteiger partial charge in [0.25, 0.3) is 0 Å². The largest absolute Gasteiger partial charge is 0.270 e. The van der Waals surface area contributed by atoms with Crippen LogP contribution in [0.1, 0.15) is 11.6 Å². The predicted octanol–water partition coefficient (Wildman–Crippen LogP) is 1.73. The SMILES string of the molecule is C#CC(NN)c1c(F)cccc1Br. The van der Waals surface area contributed by atoms with Gasteiger partial charge in [-0.05, 0) is 12.1 Å². The van der Waals surface area contributed by atoms with Crippen LogP contribution in [0, 0.1) is 18.2 Å². The molecule has 0 spiro atoms. The molecular weight excluding hydrogens is 235 g/mol. The first-order valence-corrected chi connectivity index (χ1v) is 4.36. The van der Waals surface area contributed by atoms with Gasteiger partial charge in [0.15, 0.2) is 0 Å². The molecule has 0 aliphatic rings. The van der Waals surface area contributed by atoms with Gasteiger partial charge >= 0.3 is 0 Å². The summed E-state index contributed by atoms with van der Waals surface area (Å²) >= 11 is 3.20. The molecule has 0 radical (unpaired) electrons. The third-order valence-corrected chi connectivity index (χ3v) is 2.31. The van der Waals surface area contributed by atoms with Crippen LogP contribution in [-0.4, -0.2) is 0 Å². The van der Waals surface area contributed by atoms with Gasteiger partial charge in [0, 0.05) is 10.0 Å². The van der Waals surface area contributed by atoms with Crippen molar-refractivity contribution in [3.05, 3.63) is 34.1 Å². The van der Waals surface area contributed by atoms with E-state index in [9.17, 15) is 4.39 Å². The summed E-state index contributed by atoms with van der Waals surface area (Å²) in [6.45, 7) is 0. The van der Waals surface area contributed by atoms with E-state index in [1.807, 2.05) is 0 Å². The molecule has 0 fully saturated rings. The van der Waals surface area contributed by atoms with Crippen molar-refractivity contribution >= 4 is 15.9 Å². The van der Waals surface area contributed by atoms with E-state index < -0.39 is 6.04 Å². The van der Waals surface area contributed by atoms with E-state index in [1.54, 1.807) is 12.1 Å². The monoisotopic (exact) mass is 242 g/mol. The summed E-state index contributed by atoms with van der Waals surface area (Å²) in [5.74, 6) is 7.14. The molecule has 3 N–H and O–H groups in total. The average Bonchev–Trinajstić information content (AvgIpc) is 2.11. The number of nitrogens with two attached hydrogens (primary N) is 1. The standard InChI is InChI=1S/C9H8BrFN2/c1-2-8(13-12)9-6(10)4-3-5-7(9)11/h1,3-5,8,13H,12H2. The molecule has 0 bridgehead atoms. The second kappa shape index (κ2) is 4.38. The maximum Gasteiger partial charge on any atom is 0.130 e. The first kappa shape index (κ1) is 10.2. The maximum absolute atomic E-state index is 13.3. The van der Waals surface area contributed by atoms with Gasteiger partial charge in [0.05, 0.1) is 0 Å². The van der Waals surface area contributed by atoms with Crippen LogP contribution < -0.4 is 11.3 Å². The molecule has 2 nitrogen and oxygen atoms in total. The average molecular weight is 243 g/mol. The molecule has 1 unspecified atom stereocenters. The van der Waals surface area contributed by atoms with Crippen molar-refractivity contribution in [1.82, 2.24) is 5.43 Å². The third kappa shape index (κ3) is 2.07. The van der Waals surface area contributed by atoms with Crippen molar-refractivity contribution in [3.8, 4) is 12.3 Å². The molecule has 13 heavy (non-hydrogen) atoms. The second-order valence-electron chi connectivity index (χ2n) is 2.40. The van der Waals surface area contributed by atoms with Crippen LogP contribution in [0.4, 0.5) is 4.39 Å². The van der Waals surface area contributed by atoms with Gasteiger partial charge in [0.1, 0.15) is 11.9 Å². The highest BCUT2D eigenvalue weighted by Gasteiger charge is 2.14. The lowest BCUT2D eigenvalue weighted by atomic mass is 10.1. The van der Waals surface area contributed by atoms with Gasteiger partial charge in [-0.3, -0.25) is 5.84 Å². The number of halogens is 2. The third-order valence-electron chi connectivity index (χ3n) is 1.62. The van der Waals surface area contributed by atoms with E-state index in [4.69, 9.17) is 12.3 Å². The molecule has 0 heterocycles. The zero-order chi connectivity index (χ0) is 9.84. The van der Waals surface area contributed by atoms with Gasteiger partial charge in [-0.2, -0.15) is 0 Å². The van der Waals surface area contributed by atoms with Crippen LogP contribution >= 0.6 is 15.9 Å². The van der Waals surface area contributed by atoms with Crippen LogP contribution in [0.3, 0.4) is 0 Å². The fourth-order valence-corrected chi connectivity index (χ4v) is 1.57. The van der Waals surface area contributed by atoms with Crippen molar-refractivity contribution in [2.45, 2.75) is 6.04 Å². The number of hydrogen-bond acceptors (Lipinski definition) is 2. The molecule has 0 aliphatic heterocycles. The van der Waals surface area contributed by atoms with E-state index in [0.29, 0.717) is 10.0 Å². The van der Waals surface area contributed by atoms with E-state index in [0.717, 1.165) is 0 Å². The maximum atomic E-state index is 13.3. The smallest absolute Gasteiger partial charge is 0.130 e. The quantitative estimate of drug-likeness (QED) is 0.471. The molecule has 1 aromatic rings. The van der Waals surface area contributed by atoms with Gasteiger partial charge < -0.3 is 0 Å². The fraction of sp³-hybridized carbons (Fsp3) is 0.111. The van der Waals surface area contributed by atoms with Gasteiger partial charge in [0.2, 0.25) is 0 Å². The molecule has 0 saturated carbocycles. The van der Waals surface area contributed by atoms with E-state index >= 15 is 0 Å². The van der Waals surface area contributed by atoms with Crippen LogP contribution in [0.5, 0.6) is 0 Å². The number of terminal acetylenes is 1. The van der Waals surface area contributed by atoms with Crippen LogP contribution in [0.2, 0.25) is 0 Å². The lowest BCUT2D eigenvalue weighted by Crippen LogP contribution is -2.27. The number of benzene rings is 1. The number of rotatable bonds is 2. The lowest BCUT2D eigenvalue weighted by molar-refractivity contribution is 0.572. The normalized spacial score (nSPS) is 12.2. The first-order valence-electron chi connectivity index (χ1n) is 3.57. The Morgan fingerprint density at radius 1 is 1.62 bits per heavy atom. The Balaban J connectivity index is 3.20. The molecule has 1 rings (SSSR count). The molecule has 0 aliphatic carbocycles. The van der Waals surface area contributed by atoms with Gasteiger partial charge in [-0.25, -0.2) is 9.82 Å². The Morgan fingerprint density at radius 3 is 2.77 bits per heavy atom. The van der Waals surface area contributed by atoms with Crippen LogP contribution in [-0.2, 0) is 0 Å². The highest BCUT2D eigenvalue weighted by molar-refractivity contribution is 9.10. The van der Waals surface area contributed by atoms with Crippen molar-refractivity contribution in [2.75, 3.05) is 0 Å². The highest BCUT2D eigenvalue weighted by atomic mass is 79.9. The lowest BCUT2D eigenvalue weighted by Gasteiger charge is -2.12. The highest BCUT2D eigenvalue weighted by Crippen LogP contribution is 2.25. The Bertz CT molecular complexity index is 326. The molecule has 1 aromatic carbocycles. The van der Waals surface area contributed by atoms with Gasteiger partial charge in [-0.15, -0.1) is 6.42 Å². The number of hydrogen-bond donors (Lipinski definition) is 2. The Kier molecular flexibility index (Phi) is 3.43. The minimum absolute atomic E-state index is 0.354. The zero-order valence-electron chi connectivity index (χ0n) is 6.72. The summed E-state index contributed by atoms with van der Waals surface area (Å²) in [6, 6.07) is 4.02. The number of nitrogens with one attached hydrogen (secondary N) is 1.